The Bertz CT molecular complexity index is 365. The quantitative estimate of drug-likeness (QED) is 0.606. The van der Waals surface area contributed by atoms with E-state index in [2.05, 4.69) is 10.6 Å². The molecule has 7 heteroatoms. The molecule has 1 aliphatic heterocycles. The Kier molecular flexibility index (Phi) is 6.44. The number of nitrogens with one attached hydrogen (secondary N) is 2. The van der Waals surface area contributed by atoms with Gasteiger partial charge in [0.25, 0.3) is 0 Å². The molecule has 7 nitrogen and oxygen atoms in total. The van der Waals surface area contributed by atoms with Gasteiger partial charge >= 0.3 is 5.97 Å². The lowest BCUT2D eigenvalue weighted by Crippen LogP contribution is -2.48. The van der Waals surface area contributed by atoms with Crippen LogP contribution in [0.25, 0.3) is 0 Å². The highest BCUT2D eigenvalue weighted by atomic mass is 16.4. The van der Waals surface area contributed by atoms with E-state index >= 15 is 0 Å². The average molecular weight is 285 g/mol. The molecule has 0 aliphatic carbocycles. The van der Waals surface area contributed by atoms with Crippen LogP contribution >= 0.6 is 0 Å². The van der Waals surface area contributed by atoms with E-state index in [1.807, 2.05) is 6.92 Å². The van der Waals surface area contributed by atoms with E-state index in [9.17, 15) is 14.4 Å². The summed E-state index contributed by atoms with van der Waals surface area (Å²) in [6.07, 6.45) is 0.986. The van der Waals surface area contributed by atoms with Crippen LogP contribution < -0.4 is 10.6 Å². The Labute approximate surface area is 118 Å². The van der Waals surface area contributed by atoms with E-state index in [0.29, 0.717) is 32.5 Å². The normalized spacial score (nSPS) is 17.6. The maximum absolute atomic E-state index is 11.9. The smallest absolute Gasteiger partial charge is 0.306 e. The summed E-state index contributed by atoms with van der Waals surface area (Å²) in [6.45, 7) is 5.12. The summed E-state index contributed by atoms with van der Waals surface area (Å²) in [4.78, 5) is 35.9. The minimum Gasteiger partial charge on any atom is -0.481 e. The van der Waals surface area contributed by atoms with Crippen molar-refractivity contribution >= 4 is 17.8 Å². The summed E-state index contributed by atoms with van der Waals surface area (Å²) in [6, 6.07) is -0.421. The van der Waals surface area contributed by atoms with Gasteiger partial charge in [-0.05, 0) is 26.7 Å². The predicted molar refractivity (Wildman–Crippen MR) is 73.1 cm³/mol. The zero-order valence-electron chi connectivity index (χ0n) is 12.0. The van der Waals surface area contributed by atoms with Crippen molar-refractivity contribution in [2.75, 3.05) is 26.2 Å². The van der Waals surface area contributed by atoms with Crippen molar-refractivity contribution in [3.63, 3.8) is 0 Å². The molecule has 1 fully saturated rings. The van der Waals surface area contributed by atoms with E-state index < -0.39 is 12.0 Å². The number of carbonyl (C=O) groups is 3. The predicted octanol–water partition coefficient (Wildman–Crippen LogP) is -0.576. The van der Waals surface area contributed by atoms with Gasteiger partial charge in [0.05, 0.1) is 18.5 Å². The lowest BCUT2D eigenvalue weighted by atomic mass is 9.97. The molecule has 0 spiro atoms. The number of nitrogens with zero attached hydrogens (tertiary/aromatic N) is 1. The molecule has 0 saturated carbocycles. The highest BCUT2D eigenvalue weighted by Crippen LogP contribution is 2.17. The van der Waals surface area contributed by atoms with Crippen molar-refractivity contribution < 1.29 is 19.5 Å². The molecule has 1 saturated heterocycles. The van der Waals surface area contributed by atoms with Gasteiger partial charge in [-0.2, -0.15) is 0 Å². The second kappa shape index (κ2) is 7.84. The molecule has 1 heterocycles. The van der Waals surface area contributed by atoms with E-state index in [-0.39, 0.29) is 24.3 Å². The first kappa shape index (κ1) is 16.4. The standard InChI is InChI=1S/C13H23N3O4/c1-3-14-12(18)9(2)15-8-11(17)16-6-4-10(5-7-16)13(19)20/h9-10,15H,3-8H2,1-2H3,(H,14,18)(H,19,20). The van der Waals surface area contributed by atoms with Gasteiger partial charge < -0.3 is 15.3 Å². The zero-order chi connectivity index (χ0) is 15.1. The second-order valence-electron chi connectivity index (χ2n) is 4.99. The number of carboxylic acid groups (broad SMARTS) is 1. The number of carbonyl (C=O) groups excluding carboxylic acids is 2. The Morgan fingerprint density at radius 3 is 2.40 bits per heavy atom. The number of amides is 2. The van der Waals surface area contributed by atoms with Crippen LogP contribution in [0.4, 0.5) is 0 Å². The largest absolute Gasteiger partial charge is 0.481 e. The van der Waals surface area contributed by atoms with Crippen molar-refractivity contribution in [2.45, 2.75) is 32.7 Å². The molecule has 0 aromatic heterocycles. The summed E-state index contributed by atoms with van der Waals surface area (Å²) in [5.41, 5.74) is 0. The number of carboxylic acids is 1. The van der Waals surface area contributed by atoms with Crippen molar-refractivity contribution in [3.8, 4) is 0 Å². The average Bonchev–Trinajstić information content (AvgIpc) is 2.44. The third-order valence-corrected chi connectivity index (χ3v) is 3.50. The summed E-state index contributed by atoms with van der Waals surface area (Å²) >= 11 is 0. The molecular weight excluding hydrogens is 262 g/mol. The van der Waals surface area contributed by atoms with Gasteiger partial charge in [-0.1, -0.05) is 0 Å². The van der Waals surface area contributed by atoms with Crippen molar-refractivity contribution in [1.82, 2.24) is 15.5 Å². The molecule has 114 valence electrons. The molecule has 0 bridgehead atoms. The van der Waals surface area contributed by atoms with Crippen LogP contribution in [0.3, 0.4) is 0 Å². The molecular formula is C13H23N3O4. The molecule has 1 aliphatic rings. The van der Waals surface area contributed by atoms with Crippen LogP contribution in [0.1, 0.15) is 26.7 Å². The number of likely N-dealkylation sites (tertiary alicyclic amines) is 1. The van der Waals surface area contributed by atoms with Crippen molar-refractivity contribution in [3.05, 3.63) is 0 Å². The number of rotatable bonds is 6. The lowest BCUT2D eigenvalue weighted by molar-refractivity contribution is -0.145. The van der Waals surface area contributed by atoms with Gasteiger partial charge in [-0.15, -0.1) is 0 Å². The van der Waals surface area contributed by atoms with Crippen LogP contribution in [0.15, 0.2) is 0 Å². The molecule has 20 heavy (non-hydrogen) atoms. The fourth-order valence-electron chi connectivity index (χ4n) is 2.15. The number of piperidine rings is 1. The number of hydrogen-bond acceptors (Lipinski definition) is 4. The van der Waals surface area contributed by atoms with Crippen LogP contribution in [-0.4, -0.2) is 60.0 Å². The number of likely N-dealkylation sites (N-methyl/N-ethyl adjacent to an activating group) is 1. The van der Waals surface area contributed by atoms with Crippen molar-refractivity contribution in [2.24, 2.45) is 5.92 Å². The van der Waals surface area contributed by atoms with Crippen LogP contribution in [-0.2, 0) is 14.4 Å². The van der Waals surface area contributed by atoms with Crippen LogP contribution in [0.5, 0.6) is 0 Å². The van der Waals surface area contributed by atoms with Gasteiger partial charge in [-0.25, -0.2) is 0 Å². The molecule has 0 aromatic rings. The van der Waals surface area contributed by atoms with Crippen LogP contribution in [0, 0.1) is 5.92 Å². The second-order valence-corrected chi connectivity index (χ2v) is 4.99. The first-order valence-electron chi connectivity index (χ1n) is 6.97. The van der Waals surface area contributed by atoms with Crippen LogP contribution in [0.2, 0.25) is 0 Å². The van der Waals surface area contributed by atoms with Gasteiger partial charge in [0.2, 0.25) is 11.8 Å². The van der Waals surface area contributed by atoms with E-state index in [1.165, 1.54) is 0 Å². The Morgan fingerprint density at radius 1 is 1.30 bits per heavy atom. The Morgan fingerprint density at radius 2 is 1.90 bits per heavy atom. The molecule has 0 radical (unpaired) electrons. The van der Waals surface area contributed by atoms with E-state index in [0.717, 1.165) is 0 Å². The van der Waals surface area contributed by atoms with Gasteiger partial charge in [0, 0.05) is 19.6 Å². The SMILES string of the molecule is CCNC(=O)C(C)NCC(=O)N1CCC(C(=O)O)CC1. The third kappa shape index (κ3) is 4.80. The topological polar surface area (TPSA) is 98.7 Å². The fraction of sp³-hybridized carbons (Fsp3) is 0.769. The van der Waals surface area contributed by atoms with E-state index in [1.54, 1.807) is 11.8 Å². The Hall–Kier alpha value is -1.63. The maximum atomic E-state index is 11.9. The monoisotopic (exact) mass is 285 g/mol. The fourth-order valence-corrected chi connectivity index (χ4v) is 2.15. The zero-order valence-corrected chi connectivity index (χ0v) is 12.0. The molecule has 1 atom stereocenters. The molecule has 1 rings (SSSR count). The number of hydrogen-bond donors (Lipinski definition) is 3. The highest BCUT2D eigenvalue weighted by molar-refractivity contribution is 5.83. The summed E-state index contributed by atoms with van der Waals surface area (Å²) in [5, 5.41) is 14.4. The minimum atomic E-state index is -0.792. The molecule has 2 amide bonds. The molecule has 1 unspecified atom stereocenters. The minimum absolute atomic E-state index is 0.0926. The third-order valence-electron chi connectivity index (χ3n) is 3.50. The summed E-state index contributed by atoms with van der Waals surface area (Å²) < 4.78 is 0. The van der Waals surface area contributed by atoms with E-state index in [4.69, 9.17) is 5.11 Å². The summed E-state index contributed by atoms with van der Waals surface area (Å²) in [7, 11) is 0. The van der Waals surface area contributed by atoms with Gasteiger partial charge in [-0.3, -0.25) is 19.7 Å². The maximum Gasteiger partial charge on any atom is 0.306 e. The Balaban J connectivity index is 2.30. The molecule has 3 N–H and O–H groups in total. The first-order valence-corrected chi connectivity index (χ1v) is 6.97. The number of aliphatic carboxylic acids is 1. The highest BCUT2D eigenvalue weighted by Gasteiger charge is 2.27. The van der Waals surface area contributed by atoms with Crippen molar-refractivity contribution in [1.29, 1.82) is 0 Å². The van der Waals surface area contributed by atoms with Gasteiger partial charge in [0.15, 0.2) is 0 Å². The lowest BCUT2D eigenvalue weighted by Gasteiger charge is -2.30. The summed E-state index contributed by atoms with van der Waals surface area (Å²) in [5.74, 6) is -1.36. The first-order chi connectivity index (χ1) is 9.45. The molecule has 0 aromatic carbocycles. The van der Waals surface area contributed by atoms with Gasteiger partial charge in [0.1, 0.15) is 0 Å².